The average Bonchev–Trinajstić information content (AvgIpc) is 3.20. The van der Waals surface area contributed by atoms with Gasteiger partial charge in [0, 0.05) is 28.8 Å². The minimum absolute atomic E-state index is 0.192. The summed E-state index contributed by atoms with van der Waals surface area (Å²) in [7, 11) is 0. The lowest BCUT2D eigenvalue weighted by atomic mass is 10.1. The molecular formula is C20H15ClN4O7. The zero-order chi connectivity index (χ0) is 23.3. The number of rotatable bonds is 8. The molecule has 0 fully saturated rings. The normalized spacial score (nSPS) is 10.8. The summed E-state index contributed by atoms with van der Waals surface area (Å²) in [6.07, 6.45) is 1.18. The molecule has 0 aliphatic heterocycles. The second-order valence-corrected chi connectivity index (χ2v) is 6.84. The van der Waals surface area contributed by atoms with E-state index < -0.39 is 27.1 Å². The smallest absolute Gasteiger partial charge is 0.285 e. The van der Waals surface area contributed by atoms with Crippen molar-refractivity contribution in [3.63, 3.8) is 0 Å². The molecule has 12 heteroatoms. The minimum Gasteiger partial charge on any atom is -0.460 e. The van der Waals surface area contributed by atoms with Crippen molar-refractivity contribution in [2.24, 2.45) is 5.10 Å². The van der Waals surface area contributed by atoms with Crippen molar-refractivity contribution in [2.45, 2.75) is 13.5 Å². The number of furan rings is 1. The number of aryl methyl sites for hydroxylation is 1. The number of nitro benzene ring substituents is 2. The Morgan fingerprint density at radius 2 is 1.84 bits per heavy atom. The molecule has 32 heavy (non-hydrogen) atoms. The van der Waals surface area contributed by atoms with E-state index in [1.54, 1.807) is 18.2 Å². The van der Waals surface area contributed by atoms with Crippen LogP contribution < -0.4 is 10.2 Å². The minimum atomic E-state index is -0.870. The molecule has 0 aliphatic carbocycles. The maximum absolute atomic E-state index is 12.2. The molecule has 1 N–H and O–H groups in total. The van der Waals surface area contributed by atoms with Crippen LogP contribution in [0.15, 0.2) is 58.0 Å². The number of benzene rings is 2. The predicted molar refractivity (Wildman–Crippen MR) is 114 cm³/mol. The fourth-order valence-corrected chi connectivity index (χ4v) is 2.91. The van der Waals surface area contributed by atoms with Crippen LogP contribution in [0.4, 0.5) is 11.4 Å². The van der Waals surface area contributed by atoms with Crippen molar-refractivity contribution >= 4 is 35.1 Å². The van der Waals surface area contributed by atoms with Crippen molar-refractivity contribution in [3.05, 3.63) is 96.2 Å². The monoisotopic (exact) mass is 458 g/mol. The van der Waals surface area contributed by atoms with Crippen molar-refractivity contribution < 1.29 is 23.8 Å². The molecule has 0 unspecified atom stereocenters. The first kappa shape index (κ1) is 22.4. The Labute approximate surface area is 185 Å². The van der Waals surface area contributed by atoms with E-state index in [4.69, 9.17) is 20.8 Å². The third kappa shape index (κ3) is 5.46. The molecule has 0 saturated carbocycles. The molecular weight excluding hydrogens is 444 g/mol. The van der Waals surface area contributed by atoms with Gasteiger partial charge in [-0.25, -0.2) is 5.43 Å². The van der Waals surface area contributed by atoms with Gasteiger partial charge in [-0.15, -0.1) is 0 Å². The number of hydrogen-bond donors (Lipinski definition) is 1. The first-order valence-electron chi connectivity index (χ1n) is 8.98. The van der Waals surface area contributed by atoms with E-state index in [0.29, 0.717) is 5.02 Å². The lowest BCUT2D eigenvalue weighted by molar-refractivity contribution is -0.394. The SMILES string of the molecule is Cc1cccc(Cl)c1COc1ccc(/C=N/NC(=O)c2cc([N+](=O)[O-])cc([N+](=O)[O-])c2)o1. The predicted octanol–water partition coefficient (Wildman–Crippen LogP) is 4.40. The Morgan fingerprint density at radius 3 is 2.47 bits per heavy atom. The molecule has 0 bridgehead atoms. The Morgan fingerprint density at radius 1 is 1.16 bits per heavy atom. The number of amides is 1. The number of ether oxygens (including phenoxy) is 1. The number of nitrogens with zero attached hydrogens (tertiary/aromatic N) is 3. The number of carbonyl (C=O) groups excluding carboxylic acids is 1. The van der Waals surface area contributed by atoms with Gasteiger partial charge >= 0.3 is 0 Å². The quantitative estimate of drug-likeness (QED) is 0.298. The first-order chi connectivity index (χ1) is 15.2. The number of carbonyl (C=O) groups is 1. The van der Waals surface area contributed by atoms with E-state index in [0.717, 1.165) is 29.3 Å². The standard InChI is InChI=1S/C20H15ClN4O7/c1-12-3-2-4-18(21)17(12)11-31-19-6-5-16(32-19)10-22-23-20(26)13-7-14(24(27)28)9-15(8-13)25(29)30/h2-10H,11H2,1H3,(H,23,26)/b22-10+. The van der Waals surface area contributed by atoms with Crippen LogP contribution in [0.25, 0.3) is 0 Å². The Balaban J connectivity index is 1.63. The van der Waals surface area contributed by atoms with Gasteiger partial charge in [-0.2, -0.15) is 5.10 Å². The number of hydrazone groups is 1. The molecule has 11 nitrogen and oxygen atoms in total. The van der Waals surface area contributed by atoms with Gasteiger partial charge in [-0.1, -0.05) is 23.7 Å². The maximum Gasteiger partial charge on any atom is 0.285 e. The van der Waals surface area contributed by atoms with E-state index in [1.165, 1.54) is 6.21 Å². The summed E-state index contributed by atoms with van der Waals surface area (Å²) in [5.41, 5.74) is 2.45. The molecule has 0 spiro atoms. The summed E-state index contributed by atoms with van der Waals surface area (Å²) >= 11 is 6.16. The van der Waals surface area contributed by atoms with E-state index in [1.807, 2.05) is 19.1 Å². The van der Waals surface area contributed by atoms with Crippen molar-refractivity contribution in [1.82, 2.24) is 5.43 Å². The molecule has 0 radical (unpaired) electrons. The van der Waals surface area contributed by atoms with Gasteiger partial charge in [-0.05, 0) is 24.6 Å². The molecule has 0 saturated heterocycles. The first-order valence-corrected chi connectivity index (χ1v) is 9.36. The van der Waals surface area contributed by atoms with Crippen LogP contribution in [-0.2, 0) is 6.61 Å². The van der Waals surface area contributed by atoms with Crippen LogP contribution >= 0.6 is 11.6 Å². The number of halogens is 1. The number of nitro groups is 2. The molecule has 0 aliphatic rings. The highest BCUT2D eigenvalue weighted by Crippen LogP contribution is 2.24. The van der Waals surface area contributed by atoms with Gasteiger partial charge in [-0.3, -0.25) is 25.0 Å². The summed E-state index contributed by atoms with van der Waals surface area (Å²) < 4.78 is 11.0. The van der Waals surface area contributed by atoms with Crippen LogP contribution in [0.3, 0.4) is 0 Å². The highest BCUT2D eigenvalue weighted by molar-refractivity contribution is 6.31. The molecule has 1 amide bonds. The fraction of sp³-hybridized carbons (Fsp3) is 0.100. The third-order valence-electron chi connectivity index (χ3n) is 4.26. The Kier molecular flexibility index (Phi) is 6.80. The third-order valence-corrected chi connectivity index (χ3v) is 4.61. The van der Waals surface area contributed by atoms with Gasteiger partial charge in [0.15, 0.2) is 5.76 Å². The van der Waals surface area contributed by atoms with Gasteiger partial charge in [0.05, 0.1) is 27.7 Å². The lowest BCUT2D eigenvalue weighted by Crippen LogP contribution is -2.18. The lowest BCUT2D eigenvalue weighted by Gasteiger charge is -2.08. The maximum atomic E-state index is 12.2. The Bertz CT molecular complexity index is 1170. The molecule has 1 aromatic heterocycles. The fourth-order valence-electron chi connectivity index (χ4n) is 2.63. The zero-order valence-corrected chi connectivity index (χ0v) is 17.2. The number of non-ortho nitro benzene ring substituents is 2. The highest BCUT2D eigenvalue weighted by Gasteiger charge is 2.19. The van der Waals surface area contributed by atoms with Crippen LogP contribution in [0, 0.1) is 27.2 Å². The molecule has 2 aromatic carbocycles. The Hall–Kier alpha value is -4.25. The van der Waals surface area contributed by atoms with E-state index >= 15 is 0 Å². The van der Waals surface area contributed by atoms with Crippen molar-refractivity contribution in [1.29, 1.82) is 0 Å². The van der Waals surface area contributed by atoms with Crippen molar-refractivity contribution in [2.75, 3.05) is 0 Å². The highest BCUT2D eigenvalue weighted by atomic mass is 35.5. The molecule has 164 valence electrons. The summed E-state index contributed by atoms with van der Waals surface area (Å²) in [4.78, 5) is 32.4. The molecule has 3 aromatic rings. The second-order valence-electron chi connectivity index (χ2n) is 6.43. The summed E-state index contributed by atoms with van der Waals surface area (Å²) in [6.45, 7) is 2.10. The molecule has 0 atom stereocenters. The average molecular weight is 459 g/mol. The van der Waals surface area contributed by atoms with E-state index in [9.17, 15) is 25.0 Å². The van der Waals surface area contributed by atoms with Crippen LogP contribution in [-0.4, -0.2) is 22.0 Å². The van der Waals surface area contributed by atoms with Crippen LogP contribution in [0.2, 0.25) is 5.02 Å². The summed E-state index contributed by atoms with van der Waals surface area (Å²) in [5.74, 6) is -0.419. The second kappa shape index (κ2) is 9.71. The summed E-state index contributed by atoms with van der Waals surface area (Å²) in [6, 6.07) is 11.2. The van der Waals surface area contributed by atoms with Gasteiger partial charge < -0.3 is 9.15 Å². The number of hydrogen-bond acceptors (Lipinski definition) is 8. The molecule has 1 heterocycles. The van der Waals surface area contributed by atoms with Gasteiger partial charge in [0.2, 0.25) is 0 Å². The van der Waals surface area contributed by atoms with Crippen LogP contribution in [0.5, 0.6) is 5.95 Å². The van der Waals surface area contributed by atoms with Gasteiger partial charge in [0.1, 0.15) is 6.61 Å². The number of nitrogens with one attached hydrogen (secondary N) is 1. The largest absolute Gasteiger partial charge is 0.460 e. The van der Waals surface area contributed by atoms with Gasteiger partial charge in [0.25, 0.3) is 23.2 Å². The summed E-state index contributed by atoms with van der Waals surface area (Å²) in [5, 5.41) is 26.1. The van der Waals surface area contributed by atoms with E-state index in [2.05, 4.69) is 10.5 Å². The molecule has 3 rings (SSSR count). The van der Waals surface area contributed by atoms with Crippen molar-refractivity contribution in [3.8, 4) is 5.95 Å². The zero-order valence-electron chi connectivity index (χ0n) is 16.5. The van der Waals surface area contributed by atoms with Crippen LogP contribution in [0.1, 0.15) is 27.2 Å². The van der Waals surface area contributed by atoms with E-state index in [-0.39, 0.29) is 23.9 Å². The topological polar surface area (TPSA) is 150 Å².